The van der Waals surface area contributed by atoms with Gasteiger partial charge in [-0.15, -0.1) is 0 Å². The van der Waals surface area contributed by atoms with E-state index in [2.05, 4.69) is 0 Å². The summed E-state index contributed by atoms with van der Waals surface area (Å²) in [6.07, 6.45) is -24.8. The summed E-state index contributed by atoms with van der Waals surface area (Å²) in [5.41, 5.74) is 0. The molecule has 0 saturated heterocycles. The van der Waals surface area contributed by atoms with Gasteiger partial charge in [-0.1, -0.05) is 0 Å². The molecule has 19 heavy (non-hydrogen) atoms. The Morgan fingerprint density at radius 3 is 1.42 bits per heavy atom. The molecule has 0 spiro atoms. The number of rotatable bonds is 6. The molecular weight excluding hydrogens is 305 g/mol. The van der Waals surface area contributed by atoms with Crippen molar-refractivity contribution in [2.45, 2.75) is 37.0 Å². The Morgan fingerprint density at radius 2 is 1.11 bits per heavy atom. The molecule has 4 unspecified atom stereocenters. The average molecular weight is 310 g/mol. The Bertz CT molecular complexity index is 321. The number of hydrogen-bond acceptors (Lipinski definition) is 0. The van der Waals surface area contributed by atoms with Gasteiger partial charge in [-0.05, 0) is 0 Å². The third-order valence-electron chi connectivity index (χ3n) is 1.93. The first-order chi connectivity index (χ1) is 8.44. The topological polar surface area (TPSA) is 0 Å². The van der Waals surface area contributed by atoms with E-state index in [0.717, 1.165) is 0 Å². The van der Waals surface area contributed by atoms with Crippen molar-refractivity contribution < 1.29 is 48.3 Å². The van der Waals surface area contributed by atoms with Crippen LogP contribution in [0.3, 0.4) is 0 Å². The maximum absolute atomic E-state index is 12.7. The van der Waals surface area contributed by atoms with E-state index in [0.29, 0.717) is 0 Å². The molecule has 0 aliphatic rings. The summed E-state index contributed by atoms with van der Waals surface area (Å²) in [4.78, 5) is 0. The highest BCUT2D eigenvalue weighted by Gasteiger charge is 2.55. The Kier molecular flexibility index (Phi) is 6.07. The van der Waals surface area contributed by atoms with Gasteiger partial charge in [0.15, 0.2) is 18.5 Å². The summed E-state index contributed by atoms with van der Waals surface area (Å²) >= 11 is 0. The van der Waals surface area contributed by atoms with E-state index in [-0.39, 0.29) is 0 Å². The van der Waals surface area contributed by atoms with Crippen LogP contribution in [0.25, 0.3) is 0 Å². The quantitative estimate of drug-likeness (QED) is 0.641. The molecule has 0 heterocycles. The number of alkyl halides is 8. The third-order valence-corrected chi connectivity index (χ3v) is 1.93. The molecule has 0 aromatic carbocycles. The van der Waals surface area contributed by atoms with Gasteiger partial charge in [0.05, 0.1) is 0 Å². The molecule has 0 bridgehead atoms. The maximum Gasteiger partial charge on any atom is 0.337 e. The Balaban J connectivity index is 5.11. The van der Waals surface area contributed by atoms with Crippen LogP contribution < -0.4 is 0 Å². The number of halogens is 11. The molecule has 0 rings (SSSR count). The van der Waals surface area contributed by atoms with Gasteiger partial charge in [0.25, 0.3) is 6.43 Å². The van der Waals surface area contributed by atoms with Crippen LogP contribution in [-0.4, -0.2) is 37.0 Å². The van der Waals surface area contributed by atoms with E-state index in [9.17, 15) is 48.3 Å². The summed E-state index contributed by atoms with van der Waals surface area (Å²) in [5.74, 6) is -9.51. The number of allylic oxidation sites excluding steroid dienone is 1. The van der Waals surface area contributed by atoms with Crippen molar-refractivity contribution in [3.63, 3.8) is 0 Å². The van der Waals surface area contributed by atoms with E-state index in [1.54, 1.807) is 0 Å². The molecule has 0 amide bonds. The van der Waals surface area contributed by atoms with Gasteiger partial charge in [0.2, 0.25) is 12.0 Å². The normalized spacial score (nSPS) is 18.9. The van der Waals surface area contributed by atoms with Gasteiger partial charge in [0.1, 0.15) is 0 Å². The van der Waals surface area contributed by atoms with Crippen LogP contribution in [0, 0.1) is 0 Å². The third kappa shape index (κ3) is 3.96. The zero-order valence-corrected chi connectivity index (χ0v) is 8.54. The maximum atomic E-state index is 12.7. The van der Waals surface area contributed by atoms with E-state index < -0.39 is 48.9 Å². The van der Waals surface area contributed by atoms with Gasteiger partial charge in [0, 0.05) is 0 Å². The second kappa shape index (κ2) is 6.42. The Hall–Kier alpha value is -1.03. The van der Waals surface area contributed by atoms with Crippen LogP contribution in [0.5, 0.6) is 0 Å². The lowest BCUT2D eigenvalue weighted by Crippen LogP contribution is -2.46. The largest absolute Gasteiger partial charge is 0.337 e. The molecule has 114 valence electrons. The van der Waals surface area contributed by atoms with E-state index in [4.69, 9.17) is 0 Å². The van der Waals surface area contributed by atoms with Gasteiger partial charge >= 0.3 is 12.0 Å². The minimum atomic E-state index is -5.82. The molecular formula is C8H5F11. The molecule has 0 aliphatic carbocycles. The highest BCUT2D eigenvalue weighted by atomic mass is 19.3. The lowest BCUT2D eigenvalue weighted by Gasteiger charge is -2.24. The van der Waals surface area contributed by atoms with Crippen molar-refractivity contribution in [1.29, 1.82) is 0 Å². The smallest absolute Gasteiger partial charge is 0.241 e. The minimum absolute atomic E-state index is 3.69. The van der Waals surface area contributed by atoms with Crippen molar-refractivity contribution in [2.75, 3.05) is 0 Å². The lowest BCUT2D eigenvalue weighted by molar-refractivity contribution is -0.117. The summed E-state index contributed by atoms with van der Waals surface area (Å²) in [6, 6.07) is 0. The molecule has 0 N–H and O–H groups in total. The van der Waals surface area contributed by atoms with Crippen LogP contribution in [0.4, 0.5) is 48.3 Å². The Labute approximate surface area is 98.4 Å². The minimum Gasteiger partial charge on any atom is -0.241 e. The second-order valence-corrected chi connectivity index (χ2v) is 3.27. The van der Waals surface area contributed by atoms with Crippen molar-refractivity contribution in [3.05, 3.63) is 11.9 Å². The standard InChI is InChI=1S/C8H5F11/c9-1(3(11)6(14)15)2(10)4(12)8(18,19)5(13)7(16)17/h1-4,6H. The lowest BCUT2D eigenvalue weighted by atomic mass is 10.0. The first-order valence-corrected chi connectivity index (χ1v) is 4.38. The first kappa shape index (κ1) is 18.0. The average Bonchev–Trinajstić information content (AvgIpc) is 2.33. The fourth-order valence-electron chi connectivity index (χ4n) is 0.923. The van der Waals surface area contributed by atoms with Gasteiger partial charge < -0.3 is 0 Å². The molecule has 0 aromatic rings. The monoisotopic (exact) mass is 310 g/mol. The van der Waals surface area contributed by atoms with Crippen molar-refractivity contribution in [2.24, 2.45) is 0 Å². The molecule has 0 nitrogen and oxygen atoms in total. The molecule has 0 radical (unpaired) electrons. The SMILES string of the molecule is FC(F)=C(F)C(F)(F)C(F)C(F)C(F)C(F)C(F)F. The fraction of sp³-hybridized carbons (Fsp3) is 0.750. The van der Waals surface area contributed by atoms with Crippen molar-refractivity contribution in [3.8, 4) is 0 Å². The molecule has 4 atom stereocenters. The number of hydrogen-bond donors (Lipinski definition) is 0. The molecule has 0 fully saturated rings. The van der Waals surface area contributed by atoms with Gasteiger partial charge in [-0.25, -0.2) is 26.3 Å². The van der Waals surface area contributed by atoms with E-state index in [1.165, 1.54) is 0 Å². The predicted octanol–water partition coefficient (Wildman–Crippen LogP) is 4.32. The summed E-state index contributed by atoms with van der Waals surface area (Å²) in [5, 5.41) is 0. The van der Waals surface area contributed by atoms with E-state index >= 15 is 0 Å². The predicted molar refractivity (Wildman–Crippen MR) is 40.9 cm³/mol. The highest BCUT2D eigenvalue weighted by molar-refractivity contribution is 5.10. The van der Waals surface area contributed by atoms with Crippen LogP contribution >= 0.6 is 0 Å². The van der Waals surface area contributed by atoms with Gasteiger partial charge in [-0.3, -0.25) is 0 Å². The van der Waals surface area contributed by atoms with Crippen LogP contribution in [0.2, 0.25) is 0 Å². The zero-order chi connectivity index (χ0) is 15.5. The molecule has 11 heteroatoms. The molecule has 0 saturated carbocycles. The molecule has 0 aliphatic heterocycles. The van der Waals surface area contributed by atoms with Crippen LogP contribution in [0.15, 0.2) is 11.9 Å². The van der Waals surface area contributed by atoms with Crippen molar-refractivity contribution >= 4 is 0 Å². The van der Waals surface area contributed by atoms with E-state index in [1.807, 2.05) is 0 Å². The summed E-state index contributed by atoms with van der Waals surface area (Å²) in [6.45, 7) is 0. The van der Waals surface area contributed by atoms with Crippen LogP contribution in [0.1, 0.15) is 0 Å². The summed E-state index contributed by atoms with van der Waals surface area (Å²) in [7, 11) is 0. The molecule has 0 aromatic heterocycles. The second-order valence-electron chi connectivity index (χ2n) is 3.27. The van der Waals surface area contributed by atoms with Crippen LogP contribution in [-0.2, 0) is 0 Å². The summed E-state index contributed by atoms with van der Waals surface area (Å²) < 4.78 is 134. The fourth-order valence-corrected chi connectivity index (χ4v) is 0.923. The van der Waals surface area contributed by atoms with Gasteiger partial charge in [-0.2, -0.15) is 22.0 Å². The Morgan fingerprint density at radius 1 is 0.684 bits per heavy atom. The highest BCUT2D eigenvalue weighted by Crippen LogP contribution is 2.38. The zero-order valence-electron chi connectivity index (χ0n) is 8.54. The van der Waals surface area contributed by atoms with Crippen molar-refractivity contribution in [1.82, 2.24) is 0 Å². The first-order valence-electron chi connectivity index (χ1n) is 4.38.